The van der Waals surface area contributed by atoms with Crippen LogP contribution in [0.3, 0.4) is 0 Å². The van der Waals surface area contributed by atoms with Crippen molar-refractivity contribution in [3.05, 3.63) is 34.6 Å². The second kappa shape index (κ2) is 5.82. The lowest BCUT2D eigenvalue weighted by Crippen LogP contribution is -2.37. The van der Waals surface area contributed by atoms with Gasteiger partial charge in [0.2, 0.25) is 0 Å². The molecule has 0 amide bonds. The summed E-state index contributed by atoms with van der Waals surface area (Å²) in [5.74, 6) is 0.317. The van der Waals surface area contributed by atoms with Gasteiger partial charge in [-0.05, 0) is 36.8 Å². The topological polar surface area (TPSA) is 29.1 Å². The zero-order chi connectivity index (χ0) is 14.1. The molecule has 20 heavy (non-hydrogen) atoms. The van der Waals surface area contributed by atoms with Crippen LogP contribution < -0.4 is 5.32 Å². The second-order valence-corrected chi connectivity index (χ2v) is 6.34. The van der Waals surface area contributed by atoms with Crippen LogP contribution in [-0.4, -0.2) is 17.9 Å². The molecule has 0 radical (unpaired) electrons. The van der Waals surface area contributed by atoms with E-state index in [-0.39, 0.29) is 23.3 Å². The second-order valence-electron chi connectivity index (χ2n) is 5.96. The predicted molar refractivity (Wildman–Crippen MR) is 77.4 cm³/mol. The number of carbonyl (C=O) groups excluding carboxylic acids is 1. The maximum absolute atomic E-state index is 13.4. The molecule has 3 rings (SSSR count). The van der Waals surface area contributed by atoms with E-state index in [2.05, 4.69) is 5.32 Å². The van der Waals surface area contributed by atoms with E-state index in [1.807, 2.05) is 0 Å². The number of carbonyl (C=O) groups is 1. The highest BCUT2D eigenvalue weighted by molar-refractivity contribution is 6.31. The molecule has 4 heteroatoms. The van der Waals surface area contributed by atoms with Crippen LogP contribution in [0.1, 0.15) is 37.7 Å². The predicted octanol–water partition coefficient (Wildman–Crippen LogP) is 3.51. The van der Waals surface area contributed by atoms with Gasteiger partial charge in [-0.15, -0.1) is 0 Å². The molecule has 1 aromatic carbocycles. The first-order valence-electron chi connectivity index (χ1n) is 7.37. The van der Waals surface area contributed by atoms with Crippen LogP contribution in [0, 0.1) is 11.7 Å². The third-order valence-corrected chi connectivity index (χ3v) is 5.07. The Kier molecular flexibility index (Phi) is 4.08. The Hall–Kier alpha value is -0.930. The number of ketones is 1. The SMILES string of the molecule is O=C(Cc1cccc(F)c1Cl)C1CC2CCCCC2N1. The van der Waals surface area contributed by atoms with E-state index >= 15 is 0 Å². The van der Waals surface area contributed by atoms with Gasteiger partial charge in [0.1, 0.15) is 5.82 Å². The van der Waals surface area contributed by atoms with Crippen molar-refractivity contribution in [1.82, 2.24) is 5.32 Å². The number of benzene rings is 1. The monoisotopic (exact) mass is 295 g/mol. The standard InChI is InChI=1S/C16H19ClFNO/c17-16-11(5-3-6-12(16)18)9-15(20)14-8-10-4-1-2-7-13(10)19-14/h3,5-6,10,13-14,19H,1-2,4,7-9H2. The van der Waals surface area contributed by atoms with Gasteiger partial charge in [0, 0.05) is 12.5 Å². The third-order valence-electron chi connectivity index (χ3n) is 4.65. The Bertz CT molecular complexity index is 505. The van der Waals surface area contributed by atoms with Crippen LogP contribution in [-0.2, 0) is 11.2 Å². The van der Waals surface area contributed by atoms with Gasteiger partial charge in [0.05, 0.1) is 11.1 Å². The first-order valence-corrected chi connectivity index (χ1v) is 7.74. The maximum atomic E-state index is 13.4. The summed E-state index contributed by atoms with van der Waals surface area (Å²) >= 11 is 5.92. The molecule has 1 saturated heterocycles. The fraction of sp³-hybridized carbons (Fsp3) is 0.562. The molecule has 0 aromatic heterocycles. The van der Waals surface area contributed by atoms with E-state index in [0.717, 1.165) is 6.42 Å². The molecular weight excluding hydrogens is 277 g/mol. The summed E-state index contributed by atoms with van der Waals surface area (Å²) in [5, 5.41) is 3.54. The normalized spacial score (nSPS) is 29.2. The Morgan fingerprint density at radius 1 is 1.35 bits per heavy atom. The molecule has 2 nitrogen and oxygen atoms in total. The largest absolute Gasteiger partial charge is 0.304 e. The van der Waals surface area contributed by atoms with Crippen LogP contribution >= 0.6 is 11.6 Å². The summed E-state index contributed by atoms with van der Waals surface area (Å²) in [6.45, 7) is 0. The first-order chi connectivity index (χ1) is 9.65. The minimum atomic E-state index is -0.454. The summed E-state index contributed by atoms with van der Waals surface area (Å²) < 4.78 is 13.4. The summed E-state index contributed by atoms with van der Waals surface area (Å²) in [5.41, 5.74) is 0.591. The quantitative estimate of drug-likeness (QED) is 0.924. The van der Waals surface area contributed by atoms with Crippen molar-refractivity contribution >= 4 is 17.4 Å². The van der Waals surface area contributed by atoms with Crippen molar-refractivity contribution in [3.8, 4) is 0 Å². The molecule has 0 bridgehead atoms. The smallest absolute Gasteiger partial charge is 0.154 e. The van der Waals surface area contributed by atoms with Crippen molar-refractivity contribution in [1.29, 1.82) is 0 Å². The van der Waals surface area contributed by atoms with Crippen LogP contribution in [0.25, 0.3) is 0 Å². The summed E-state index contributed by atoms with van der Waals surface area (Å²) in [7, 11) is 0. The minimum Gasteiger partial charge on any atom is -0.304 e. The number of nitrogens with one attached hydrogen (secondary N) is 1. The zero-order valence-corrected chi connectivity index (χ0v) is 12.1. The lowest BCUT2D eigenvalue weighted by molar-refractivity contribution is -0.120. The number of Topliss-reactive ketones (excluding diaryl/α,β-unsaturated/α-hetero) is 1. The molecule has 1 aliphatic carbocycles. The maximum Gasteiger partial charge on any atom is 0.154 e. The van der Waals surface area contributed by atoms with E-state index < -0.39 is 5.82 Å². The highest BCUT2D eigenvalue weighted by Gasteiger charge is 2.37. The van der Waals surface area contributed by atoms with Crippen molar-refractivity contribution in [3.63, 3.8) is 0 Å². The van der Waals surface area contributed by atoms with Gasteiger partial charge in [0.25, 0.3) is 0 Å². The third kappa shape index (κ3) is 2.75. The molecule has 3 atom stereocenters. The van der Waals surface area contributed by atoms with Crippen molar-refractivity contribution < 1.29 is 9.18 Å². The lowest BCUT2D eigenvalue weighted by atomic mass is 9.84. The number of halogens is 2. The van der Waals surface area contributed by atoms with E-state index in [0.29, 0.717) is 17.5 Å². The van der Waals surface area contributed by atoms with Gasteiger partial charge in [-0.1, -0.05) is 36.6 Å². The number of rotatable bonds is 3. The Morgan fingerprint density at radius 2 is 2.15 bits per heavy atom. The van der Waals surface area contributed by atoms with Gasteiger partial charge in [0.15, 0.2) is 5.78 Å². The highest BCUT2D eigenvalue weighted by Crippen LogP contribution is 2.34. The number of hydrogen-bond donors (Lipinski definition) is 1. The fourth-order valence-corrected chi connectivity index (χ4v) is 3.75. The average molecular weight is 296 g/mol. The van der Waals surface area contributed by atoms with Crippen molar-refractivity contribution in [2.24, 2.45) is 5.92 Å². The Labute approximate surface area is 123 Å². The van der Waals surface area contributed by atoms with Gasteiger partial charge < -0.3 is 5.32 Å². The molecule has 1 aliphatic heterocycles. The molecule has 0 spiro atoms. The van der Waals surface area contributed by atoms with Crippen LogP contribution in [0.5, 0.6) is 0 Å². The minimum absolute atomic E-state index is 0.0799. The molecule has 1 aromatic rings. The highest BCUT2D eigenvalue weighted by atomic mass is 35.5. The van der Waals surface area contributed by atoms with E-state index in [9.17, 15) is 9.18 Å². The molecule has 1 N–H and O–H groups in total. The van der Waals surface area contributed by atoms with Crippen LogP contribution in [0.2, 0.25) is 5.02 Å². The average Bonchev–Trinajstić information content (AvgIpc) is 2.88. The van der Waals surface area contributed by atoms with Crippen LogP contribution in [0.4, 0.5) is 4.39 Å². The summed E-state index contributed by atoms with van der Waals surface area (Å²) in [6.07, 6.45) is 6.08. The fourth-order valence-electron chi connectivity index (χ4n) is 3.56. The molecule has 2 fully saturated rings. The molecule has 2 aliphatic rings. The van der Waals surface area contributed by atoms with Gasteiger partial charge in [-0.2, -0.15) is 0 Å². The van der Waals surface area contributed by atoms with E-state index in [4.69, 9.17) is 11.6 Å². The van der Waals surface area contributed by atoms with Crippen LogP contribution in [0.15, 0.2) is 18.2 Å². The van der Waals surface area contributed by atoms with Gasteiger partial charge >= 0.3 is 0 Å². The molecule has 3 unspecified atom stereocenters. The lowest BCUT2D eigenvalue weighted by Gasteiger charge is -2.24. The first kappa shape index (κ1) is 14.0. The van der Waals surface area contributed by atoms with Crippen molar-refractivity contribution in [2.75, 3.05) is 0 Å². The summed E-state index contributed by atoms with van der Waals surface area (Å²) in [6, 6.07) is 5.07. The Balaban J connectivity index is 1.66. The molecule has 108 valence electrons. The van der Waals surface area contributed by atoms with Gasteiger partial charge in [-0.25, -0.2) is 4.39 Å². The Morgan fingerprint density at radius 3 is 2.95 bits per heavy atom. The molecule has 1 heterocycles. The van der Waals surface area contributed by atoms with Crippen molar-refractivity contribution in [2.45, 2.75) is 50.6 Å². The molecule has 1 saturated carbocycles. The molecular formula is C16H19ClFNO. The van der Waals surface area contributed by atoms with E-state index in [1.54, 1.807) is 12.1 Å². The summed E-state index contributed by atoms with van der Waals surface area (Å²) in [4.78, 5) is 12.4. The van der Waals surface area contributed by atoms with Gasteiger partial charge in [-0.3, -0.25) is 4.79 Å². The number of hydrogen-bond acceptors (Lipinski definition) is 2. The number of fused-ring (bicyclic) bond motifs is 1. The van der Waals surface area contributed by atoms with E-state index in [1.165, 1.54) is 31.7 Å². The zero-order valence-electron chi connectivity index (χ0n) is 11.4.